The summed E-state index contributed by atoms with van der Waals surface area (Å²) >= 11 is 7.82. The fourth-order valence-corrected chi connectivity index (χ4v) is 5.39. The van der Waals surface area contributed by atoms with Gasteiger partial charge in [-0.25, -0.2) is 14.4 Å². The molecule has 1 N–H and O–H groups in total. The van der Waals surface area contributed by atoms with Gasteiger partial charge in [-0.2, -0.15) is 0 Å². The van der Waals surface area contributed by atoms with E-state index in [9.17, 15) is 9.18 Å². The average Bonchev–Trinajstić information content (AvgIpc) is 2.97. The van der Waals surface area contributed by atoms with Crippen LogP contribution in [-0.2, 0) is 12.2 Å². The van der Waals surface area contributed by atoms with E-state index in [-0.39, 0.29) is 11.7 Å². The number of pyridine rings is 1. The Labute approximate surface area is 236 Å². The van der Waals surface area contributed by atoms with Crippen molar-refractivity contribution in [1.82, 2.24) is 20.3 Å². The van der Waals surface area contributed by atoms with Crippen LogP contribution in [0.3, 0.4) is 0 Å². The molecule has 0 unspecified atom stereocenters. The molecule has 2 aromatic heterocycles. The molecule has 5 rings (SSSR count). The number of nitrogens with zero attached hydrogens (tertiary/aromatic N) is 5. The lowest BCUT2D eigenvalue weighted by Crippen LogP contribution is -2.47. The highest BCUT2D eigenvalue weighted by molar-refractivity contribution is 7.98. The molecule has 39 heavy (non-hydrogen) atoms. The fourth-order valence-electron chi connectivity index (χ4n) is 4.35. The highest BCUT2D eigenvalue weighted by Crippen LogP contribution is 2.27. The van der Waals surface area contributed by atoms with Crippen LogP contribution in [0.15, 0.2) is 84.1 Å². The zero-order chi connectivity index (χ0) is 27.0. The van der Waals surface area contributed by atoms with Gasteiger partial charge in [0.25, 0.3) is 5.91 Å². The number of halogens is 2. The number of rotatable bonds is 9. The molecular weight excluding hydrogens is 535 g/mol. The van der Waals surface area contributed by atoms with Crippen LogP contribution in [-0.4, -0.2) is 53.6 Å². The molecule has 1 aliphatic rings. The maximum absolute atomic E-state index is 14.2. The average molecular weight is 563 g/mol. The first kappa shape index (κ1) is 26.9. The largest absolute Gasteiger partial charge is 0.366 e. The molecule has 1 saturated heterocycles. The molecule has 4 aromatic rings. The van der Waals surface area contributed by atoms with Crippen LogP contribution in [0.1, 0.15) is 21.6 Å². The van der Waals surface area contributed by atoms with Gasteiger partial charge in [-0.3, -0.25) is 9.78 Å². The minimum absolute atomic E-state index is 0.108. The lowest BCUT2D eigenvalue weighted by atomic mass is 10.1. The number of benzene rings is 2. The third-order valence-electron chi connectivity index (χ3n) is 6.43. The number of para-hydroxylation sites is 1. The van der Waals surface area contributed by atoms with Gasteiger partial charge < -0.3 is 15.1 Å². The number of amides is 1. The number of carbonyl (C=O) groups excluding carboxylic acids is 1. The molecule has 10 heteroatoms. The van der Waals surface area contributed by atoms with Crippen molar-refractivity contribution < 1.29 is 9.18 Å². The van der Waals surface area contributed by atoms with E-state index in [1.165, 1.54) is 17.8 Å². The monoisotopic (exact) mass is 562 g/mol. The molecule has 7 nitrogen and oxygen atoms in total. The Kier molecular flexibility index (Phi) is 8.90. The molecule has 1 fully saturated rings. The van der Waals surface area contributed by atoms with Crippen molar-refractivity contribution in [3.05, 3.63) is 107 Å². The summed E-state index contributed by atoms with van der Waals surface area (Å²) in [4.78, 5) is 30.0. The number of anilines is 2. The predicted molar refractivity (Wildman–Crippen MR) is 154 cm³/mol. The topological polar surface area (TPSA) is 74.2 Å². The van der Waals surface area contributed by atoms with Gasteiger partial charge >= 0.3 is 0 Å². The maximum atomic E-state index is 14.2. The number of piperazine rings is 1. The SMILES string of the molecule is O=C(NCCc1ccccn1)c1ccc(CSc2nc(Cl)cc(N3CCN(c4ccccc4F)CC3)n2)cc1. The molecule has 2 aromatic carbocycles. The summed E-state index contributed by atoms with van der Waals surface area (Å²) < 4.78 is 14.2. The third-order valence-corrected chi connectivity index (χ3v) is 7.55. The first-order valence-electron chi connectivity index (χ1n) is 12.7. The van der Waals surface area contributed by atoms with Crippen LogP contribution in [0.25, 0.3) is 0 Å². The number of carbonyl (C=O) groups is 1. The minimum atomic E-state index is -0.205. The molecule has 0 saturated carbocycles. The summed E-state index contributed by atoms with van der Waals surface area (Å²) in [5.41, 5.74) is 3.23. The zero-order valence-corrected chi connectivity index (χ0v) is 22.8. The molecule has 0 atom stereocenters. The van der Waals surface area contributed by atoms with E-state index in [0.717, 1.165) is 17.1 Å². The highest BCUT2D eigenvalue weighted by atomic mass is 35.5. The second-order valence-electron chi connectivity index (χ2n) is 9.07. The van der Waals surface area contributed by atoms with Crippen LogP contribution in [0, 0.1) is 5.82 Å². The number of hydrogen-bond donors (Lipinski definition) is 1. The maximum Gasteiger partial charge on any atom is 0.251 e. The standard InChI is InChI=1S/C29H28ClFN6OS/c30-26-19-27(37-17-15-36(16-18-37)25-7-2-1-6-24(25)31)35-29(34-26)39-20-21-8-10-22(11-9-21)28(38)33-14-12-23-5-3-4-13-32-23/h1-11,13,19H,12,14-18,20H2,(H,33,38). The van der Waals surface area contributed by atoms with Gasteiger partial charge in [0.15, 0.2) is 5.16 Å². The van der Waals surface area contributed by atoms with E-state index in [4.69, 9.17) is 16.6 Å². The Morgan fingerprint density at radius 3 is 2.44 bits per heavy atom. The summed E-state index contributed by atoms with van der Waals surface area (Å²) in [6.45, 7) is 3.32. The van der Waals surface area contributed by atoms with Gasteiger partial charge in [0.1, 0.15) is 16.8 Å². The van der Waals surface area contributed by atoms with E-state index in [0.29, 0.717) is 66.5 Å². The zero-order valence-electron chi connectivity index (χ0n) is 21.3. The summed E-state index contributed by atoms with van der Waals surface area (Å²) in [5.74, 6) is 1.10. The molecule has 200 valence electrons. The van der Waals surface area contributed by atoms with Gasteiger partial charge in [-0.05, 0) is 42.0 Å². The lowest BCUT2D eigenvalue weighted by molar-refractivity contribution is 0.0954. The predicted octanol–water partition coefficient (Wildman–Crippen LogP) is 5.26. The van der Waals surface area contributed by atoms with Crippen LogP contribution in [0.5, 0.6) is 0 Å². The van der Waals surface area contributed by atoms with E-state index < -0.39 is 0 Å². The van der Waals surface area contributed by atoms with E-state index >= 15 is 0 Å². The second-order valence-corrected chi connectivity index (χ2v) is 10.4. The molecule has 0 radical (unpaired) electrons. The molecule has 3 heterocycles. The Balaban J connectivity index is 1.13. The third kappa shape index (κ3) is 7.25. The van der Waals surface area contributed by atoms with E-state index in [1.54, 1.807) is 18.3 Å². The van der Waals surface area contributed by atoms with Gasteiger partial charge in [0.05, 0.1) is 5.69 Å². The van der Waals surface area contributed by atoms with E-state index in [2.05, 4.69) is 25.1 Å². The number of hydrogen-bond acceptors (Lipinski definition) is 7. The van der Waals surface area contributed by atoms with Crippen molar-refractivity contribution in [2.75, 3.05) is 42.5 Å². The highest BCUT2D eigenvalue weighted by Gasteiger charge is 2.21. The van der Waals surface area contributed by atoms with Gasteiger partial charge in [-0.1, -0.05) is 53.7 Å². The van der Waals surface area contributed by atoms with Crippen molar-refractivity contribution in [2.24, 2.45) is 0 Å². The normalized spacial score (nSPS) is 13.4. The van der Waals surface area contributed by atoms with E-state index in [1.807, 2.05) is 54.6 Å². The summed E-state index contributed by atoms with van der Waals surface area (Å²) in [6.07, 6.45) is 2.43. The van der Waals surface area contributed by atoms with Crippen molar-refractivity contribution >= 4 is 40.8 Å². The smallest absolute Gasteiger partial charge is 0.251 e. The fraction of sp³-hybridized carbons (Fsp3) is 0.241. The minimum Gasteiger partial charge on any atom is -0.366 e. The summed E-state index contributed by atoms with van der Waals surface area (Å²) in [5, 5.41) is 3.91. The molecule has 0 aliphatic carbocycles. The Bertz CT molecular complexity index is 1400. The molecule has 0 bridgehead atoms. The van der Waals surface area contributed by atoms with Crippen molar-refractivity contribution in [2.45, 2.75) is 17.3 Å². The first-order valence-corrected chi connectivity index (χ1v) is 14.1. The van der Waals surface area contributed by atoms with Crippen molar-refractivity contribution in [3.8, 4) is 0 Å². The lowest BCUT2D eigenvalue weighted by Gasteiger charge is -2.36. The van der Waals surface area contributed by atoms with Gasteiger partial charge in [-0.15, -0.1) is 0 Å². The Morgan fingerprint density at radius 1 is 0.949 bits per heavy atom. The van der Waals surface area contributed by atoms with Gasteiger partial charge in [0.2, 0.25) is 0 Å². The number of nitrogens with one attached hydrogen (secondary N) is 1. The quantitative estimate of drug-likeness (QED) is 0.169. The number of thioether (sulfide) groups is 1. The van der Waals surface area contributed by atoms with Gasteiger partial charge in [0, 0.05) is 68.4 Å². The second kappa shape index (κ2) is 12.9. The molecule has 1 aliphatic heterocycles. The molecular formula is C29H28ClFN6OS. The molecule has 0 spiro atoms. The summed E-state index contributed by atoms with van der Waals surface area (Å²) in [6, 6.07) is 21.9. The van der Waals surface area contributed by atoms with Crippen LogP contribution in [0.4, 0.5) is 15.9 Å². The summed E-state index contributed by atoms with van der Waals surface area (Å²) in [7, 11) is 0. The van der Waals surface area contributed by atoms with Crippen molar-refractivity contribution in [3.63, 3.8) is 0 Å². The van der Waals surface area contributed by atoms with Crippen LogP contribution >= 0.6 is 23.4 Å². The first-order chi connectivity index (χ1) is 19.0. The number of aromatic nitrogens is 3. The Morgan fingerprint density at radius 2 is 1.69 bits per heavy atom. The van der Waals surface area contributed by atoms with Crippen LogP contribution < -0.4 is 15.1 Å². The molecule has 1 amide bonds. The Hall–Kier alpha value is -3.69. The van der Waals surface area contributed by atoms with Crippen LogP contribution in [0.2, 0.25) is 5.15 Å². The van der Waals surface area contributed by atoms with Crippen molar-refractivity contribution in [1.29, 1.82) is 0 Å².